The molecule has 0 aliphatic heterocycles. The Morgan fingerprint density at radius 3 is 1.12 bits per heavy atom. The largest absolute Gasteiger partial charge is 0.422 e. The van der Waals surface area contributed by atoms with Crippen LogP contribution in [0.3, 0.4) is 0 Å². The van der Waals surface area contributed by atoms with Crippen molar-refractivity contribution in [1.82, 2.24) is 9.34 Å². The maximum absolute atomic E-state index is 13.0. The molecule has 0 aliphatic rings. The van der Waals surface area contributed by atoms with Crippen LogP contribution in [0.15, 0.2) is 48.5 Å². The highest BCUT2D eigenvalue weighted by molar-refractivity contribution is 7.54. The Morgan fingerprint density at radius 2 is 0.900 bits per heavy atom. The van der Waals surface area contributed by atoms with Crippen LogP contribution in [0, 0.1) is 0 Å². The van der Waals surface area contributed by atoms with Crippen LogP contribution in [0.4, 0.5) is 0 Å². The van der Waals surface area contributed by atoms with Crippen LogP contribution in [0.2, 0.25) is 0 Å². The summed E-state index contributed by atoms with van der Waals surface area (Å²) in [5, 5.41) is 0. The summed E-state index contributed by atoms with van der Waals surface area (Å²) in [7, 11) is -7.23. The van der Waals surface area contributed by atoms with Crippen LogP contribution in [-0.2, 0) is 9.13 Å². The number of alkyl halides is 4. The van der Waals surface area contributed by atoms with Crippen molar-refractivity contribution >= 4 is 72.9 Å². The average molecular weight is 674 g/mol. The van der Waals surface area contributed by atoms with E-state index in [0.717, 1.165) is 35.1 Å². The van der Waals surface area contributed by atoms with Gasteiger partial charge in [0.25, 0.3) is 0 Å². The number of hydrogen-bond acceptors (Lipinski definition) is 4. The molecule has 0 aromatic heterocycles. The van der Waals surface area contributed by atoms with Crippen molar-refractivity contribution in [2.75, 3.05) is 49.7 Å². The lowest BCUT2D eigenvalue weighted by molar-refractivity contribution is 0.372. The lowest BCUT2D eigenvalue weighted by Gasteiger charge is -2.27. The topological polar surface area (TPSA) is 111 Å². The third-order valence-electron chi connectivity index (χ3n) is 6.11. The Balaban J connectivity index is 2.28. The molecule has 0 bridgehead atoms. The van der Waals surface area contributed by atoms with Gasteiger partial charge >= 0.3 is 15.3 Å². The fraction of sp³-hybridized carbons (Fsp3) is 0.462. The molecule has 224 valence electrons. The van der Waals surface area contributed by atoms with Gasteiger partial charge in [0, 0.05) is 49.7 Å². The summed E-state index contributed by atoms with van der Waals surface area (Å²) in [6, 6.07) is 14.7. The summed E-state index contributed by atoms with van der Waals surface area (Å²) in [6.07, 6.45) is 1.56. The Kier molecular flexibility index (Phi) is 15.4. The van der Waals surface area contributed by atoms with E-state index in [4.69, 9.17) is 66.5 Å². The van der Waals surface area contributed by atoms with Gasteiger partial charge in [-0.25, -0.2) is 29.5 Å². The van der Waals surface area contributed by atoms with Crippen molar-refractivity contribution in [2.45, 2.75) is 26.7 Å². The smallest absolute Gasteiger partial charge is 0.390 e. The predicted molar refractivity (Wildman–Crippen MR) is 171 cm³/mol. The first kappa shape index (κ1) is 35.4. The molecule has 0 aliphatic carbocycles. The zero-order chi connectivity index (χ0) is 29.8. The van der Waals surface area contributed by atoms with E-state index >= 15 is 0 Å². The summed E-state index contributed by atoms with van der Waals surface area (Å²) in [6.45, 7) is 5.38. The number of nitrogens with zero attached hydrogens (tertiary/aromatic N) is 2. The second kappa shape index (κ2) is 17.4. The van der Waals surface area contributed by atoms with E-state index in [2.05, 4.69) is 13.8 Å². The summed E-state index contributed by atoms with van der Waals surface area (Å²) in [4.78, 5) is 0. The van der Waals surface area contributed by atoms with Crippen molar-refractivity contribution < 1.29 is 18.2 Å². The highest BCUT2D eigenvalue weighted by Crippen LogP contribution is 2.45. The van der Waals surface area contributed by atoms with Gasteiger partial charge < -0.3 is 9.05 Å². The summed E-state index contributed by atoms with van der Waals surface area (Å²) in [5.41, 5.74) is 16.3. The first-order valence-corrected chi connectivity index (χ1v) is 18.3. The van der Waals surface area contributed by atoms with Gasteiger partial charge in [-0.3, -0.25) is 0 Å². The number of nitrogens with two attached hydrogens (primary N) is 2. The van der Waals surface area contributed by atoms with Crippen LogP contribution in [-0.4, -0.2) is 59.0 Å². The Labute approximate surface area is 258 Å². The summed E-state index contributed by atoms with van der Waals surface area (Å²) < 4.78 is 40.3. The zero-order valence-corrected chi connectivity index (χ0v) is 27.6. The highest BCUT2D eigenvalue weighted by Gasteiger charge is 2.29. The lowest BCUT2D eigenvalue weighted by atomic mass is 9.91. The van der Waals surface area contributed by atoms with Crippen molar-refractivity contribution in [3.05, 3.63) is 59.7 Å². The number of rotatable bonds is 18. The number of allylic oxidation sites excluding steroid dienone is 2. The van der Waals surface area contributed by atoms with Gasteiger partial charge in [0.15, 0.2) is 0 Å². The Morgan fingerprint density at radius 1 is 0.625 bits per heavy atom. The van der Waals surface area contributed by atoms with Gasteiger partial charge in [-0.1, -0.05) is 38.1 Å². The van der Waals surface area contributed by atoms with Gasteiger partial charge in [-0.15, -0.1) is 46.4 Å². The zero-order valence-electron chi connectivity index (χ0n) is 22.8. The predicted octanol–water partition coefficient (Wildman–Crippen LogP) is 7.87. The average Bonchev–Trinajstić information content (AvgIpc) is 2.92. The minimum Gasteiger partial charge on any atom is -0.422 e. The maximum atomic E-state index is 13.0. The monoisotopic (exact) mass is 672 g/mol. The maximum Gasteiger partial charge on any atom is 0.390 e. The second-order valence-electron chi connectivity index (χ2n) is 8.69. The fourth-order valence-corrected chi connectivity index (χ4v) is 8.09. The molecule has 14 heteroatoms. The number of halogens is 4. The molecule has 4 N–H and O–H groups in total. The number of hydrogen-bond donors (Lipinski definition) is 2. The van der Waals surface area contributed by atoms with Crippen LogP contribution < -0.4 is 20.1 Å². The fourth-order valence-electron chi connectivity index (χ4n) is 4.21. The highest BCUT2D eigenvalue weighted by atomic mass is 35.5. The molecule has 0 radical (unpaired) electrons. The van der Waals surface area contributed by atoms with Gasteiger partial charge in [-0.05, 0) is 59.4 Å². The van der Waals surface area contributed by atoms with E-state index in [1.807, 2.05) is 24.3 Å². The van der Waals surface area contributed by atoms with Crippen LogP contribution in [0.25, 0.3) is 11.1 Å². The molecule has 2 aromatic carbocycles. The molecule has 2 aromatic rings. The summed E-state index contributed by atoms with van der Waals surface area (Å²) in [5.74, 6) is 1.80. The van der Waals surface area contributed by atoms with Gasteiger partial charge in [0.1, 0.15) is 11.5 Å². The standard InChI is InChI=1S/C26H38Cl4N4O4P2/c1-3-25(21-5-9-23(10-6-21)37-39(31,35)33(17-13-27)18-14-28)26(4-2)22-7-11-24(12-8-22)38-40(32,36)34(19-15-29)20-16-30/h5-12H,3-4,13-20H2,1-2H3,(H2,31,35)(H2,32,36)/b26-25+/t39-,40-/m0/s1. The third kappa shape index (κ3) is 10.2. The van der Waals surface area contributed by atoms with Gasteiger partial charge in [-0.2, -0.15) is 0 Å². The number of benzene rings is 2. The van der Waals surface area contributed by atoms with E-state index in [1.54, 1.807) is 24.3 Å². The van der Waals surface area contributed by atoms with Crippen molar-refractivity contribution in [2.24, 2.45) is 11.0 Å². The molecule has 8 nitrogen and oxygen atoms in total. The SMILES string of the molecule is CC/C(=C(/CC)c1ccc(O[P@](N)(=O)N(CCCl)CCCl)cc1)c1ccc(O[P@](N)(=O)N(CCCl)CCCl)cc1. The third-order valence-corrected chi connectivity index (χ3v) is 10.1. The molecule has 2 atom stereocenters. The molecule has 0 amide bonds. The molecule has 0 fully saturated rings. The van der Waals surface area contributed by atoms with E-state index in [1.165, 1.54) is 9.34 Å². The van der Waals surface area contributed by atoms with Gasteiger partial charge in [0.05, 0.1) is 0 Å². The minimum atomic E-state index is -3.61. The van der Waals surface area contributed by atoms with Crippen molar-refractivity contribution in [1.29, 1.82) is 0 Å². The van der Waals surface area contributed by atoms with Crippen molar-refractivity contribution in [3.63, 3.8) is 0 Å². The van der Waals surface area contributed by atoms with Crippen LogP contribution in [0.1, 0.15) is 37.8 Å². The molecular formula is C26H38Cl4N4O4P2. The van der Waals surface area contributed by atoms with Crippen LogP contribution >= 0.6 is 61.7 Å². The lowest BCUT2D eigenvalue weighted by Crippen LogP contribution is -2.30. The summed E-state index contributed by atoms with van der Waals surface area (Å²) >= 11 is 23.3. The Bertz CT molecular complexity index is 1080. The Hall–Kier alpha value is -0.760. The molecule has 0 saturated carbocycles. The van der Waals surface area contributed by atoms with Crippen molar-refractivity contribution in [3.8, 4) is 11.5 Å². The quantitative estimate of drug-likeness (QED) is 0.0935. The van der Waals surface area contributed by atoms with Gasteiger partial charge in [0.2, 0.25) is 0 Å². The van der Waals surface area contributed by atoms with E-state index in [9.17, 15) is 9.13 Å². The molecule has 0 spiro atoms. The van der Waals surface area contributed by atoms with E-state index < -0.39 is 15.3 Å². The molecule has 0 unspecified atom stereocenters. The molecule has 40 heavy (non-hydrogen) atoms. The normalized spacial score (nSPS) is 15.4. The molecule has 0 saturated heterocycles. The molecular weight excluding hydrogens is 636 g/mol. The van der Waals surface area contributed by atoms with Crippen LogP contribution in [0.5, 0.6) is 11.5 Å². The molecule has 0 heterocycles. The molecule has 2 rings (SSSR count). The van der Waals surface area contributed by atoms with E-state index in [-0.39, 0.29) is 23.5 Å². The minimum absolute atomic E-state index is 0.254. The second-order valence-corrected chi connectivity index (χ2v) is 14.0. The first-order valence-electron chi connectivity index (χ1n) is 12.9. The van der Waals surface area contributed by atoms with E-state index in [0.29, 0.717) is 37.7 Å². The first-order chi connectivity index (χ1) is 19.1.